The summed E-state index contributed by atoms with van der Waals surface area (Å²) in [6.45, 7) is 4.82. The highest BCUT2D eigenvalue weighted by Gasteiger charge is 2.30. The Bertz CT molecular complexity index is 1030. The number of piperazine rings is 1. The Labute approximate surface area is 183 Å². The highest BCUT2D eigenvalue weighted by Crippen LogP contribution is 2.26. The van der Waals surface area contributed by atoms with E-state index in [2.05, 4.69) is 39.4 Å². The molecule has 3 aromatic rings. The Morgan fingerprint density at radius 3 is 2.10 bits per heavy atom. The molecule has 158 valence electrons. The van der Waals surface area contributed by atoms with Crippen LogP contribution in [0.1, 0.15) is 28.9 Å². The predicted octanol–water partition coefficient (Wildman–Crippen LogP) is 4.39. The van der Waals surface area contributed by atoms with Crippen LogP contribution in [-0.2, 0) is 4.79 Å². The van der Waals surface area contributed by atoms with Gasteiger partial charge in [0.15, 0.2) is 5.78 Å². The van der Waals surface area contributed by atoms with Gasteiger partial charge >= 0.3 is 0 Å². The van der Waals surface area contributed by atoms with Gasteiger partial charge < -0.3 is 10.2 Å². The van der Waals surface area contributed by atoms with Crippen molar-refractivity contribution in [1.82, 2.24) is 4.90 Å². The molecule has 31 heavy (non-hydrogen) atoms. The van der Waals surface area contributed by atoms with E-state index in [1.165, 1.54) is 12.6 Å². The molecular formula is C26H27N3O2. The Morgan fingerprint density at radius 1 is 0.806 bits per heavy atom. The van der Waals surface area contributed by atoms with E-state index >= 15 is 0 Å². The van der Waals surface area contributed by atoms with Crippen molar-refractivity contribution in [3.05, 3.63) is 96.1 Å². The van der Waals surface area contributed by atoms with E-state index in [-0.39, 0.29) is 17.7 Å². The zero-order valence-electron chi connectivity index (χ0n) is 17.7. The summed E-state index contributed by atoms with van der Waals surface area (Å²) in [5.74, 6) is -0.104. The first-order chi connectivity index (χ1) is 15.1. The second-order valence-corrected chi connectivity index (χ2v) is 7.80. The number of nitrogens with one attached hydrogen (secondary N) is 1. The van der Waals surface area contributed by atoms with Crippen LogP contribution in [0.15, 0.2) is 84.9 Å². The minimum atomic E-state index is -0.389. The summed E-state index contributed by atoms with van der Waals surface area (Å²) in [5.41, 5.74) is 3.41. The number of para-hydroxylation sites is 1. The minimum absolute atomic E-state index is 0.0206. The number of hydrogen-bond acceptors (Lipinski definition) is 4. The van der Waals surface area contributed by atoms with E-state index < -0.39 is 0 Å². The van der Waals surface area contributed by atoms with Gasteiger partial charge in [0.25, 0.3) is 0 Å². The van der Waals surface area contributed by atoms with Crippen molar-refractivity contribution >= 4 is 23.1 Å². The van der Waals surface area contributed by atoms with E-state index in [1.807, 2.05) is 42.5 Å². The fourth-order valence-electron chi connectivity index (χ4n) is 4.07. The number of hydrogen-bond donors (Lipinski definition) is 1. The molecule has 1 amide bonds. The molecule has 1 saturated heterocycles. The van der Waals surface area contributed by atoms with Crippen LogP contribution in [0.3, 0.4) is 0 Å². The van der Waals surface area contributed by atoms with E-state index in [9.17, 15) is 9.59 Å². The number of benzene rings is 3. The maximum atomic E-state index is 13.4. The molecule has 0 aromatic heterocycles. The van der Waals surface area contributed by atoms with Crippen LogP contribution in [0.2, 0.25) is 0 Å². The Morgan fingerprint density at radius 2 is 1.45 bits per heavy atom. The SMILES string of the molecule is CC(=O)c1cccc(NC(=O)C(c2ccccc2)N2CCN(c3ccccc3)CC2)c1. The fraction of sp³-hybridized carbons (Fsp3) is 0.231. The molecule has 5 nitrogen and oxygen atoms in total. The van der Waals surface area contributed by atoms with Gasteiger partial charge in [0.1, 0.15) is 6.04 Å². The second-order valence-electron chi connectivity index (χ2n) is 7.80. The summed E-state index contributed by atoms with van der Waals surface area (Å²) in [6, 6.07) is 27.0. The molecule has 1 aliphatic rings. The third-order valence-corrected chi connectivity index (χ3v) is 5.70. The van der Waals surface area contributed by atoms with Crippen LogP contribution in [0.5, 0.6) is 0 Å². The highest BCUT2D eigenvalue weighted by molar-refractivity contribution is 5.98. The average molecular weight is 414 g/mol. The number of ketones is 1. The van der Waals surface area contributed by atoms with Crippen molar-refractivity contribution in [3.63, 3.8) is 0 Å². The smallest absolute Gasteiger partial charge is 0.246 e. The Kier molecular flexibility index (Phi) is 6.43. The lowest BCUT2D eigenvalue weighted by molar-refractivity contribution is -0.121. The largest absolute Gasteiger partial charge is 0.369 e. The summed E-state index contributed by atoms with van der Waals surface area (Å²) in [7, 11) is 0. The van der Waals surface area contributed by atoms with Gasteiger partial charge in [-0.25, -0.2) is 0 Å². The maximum Gasteiger partial charge on any atom is 0.246 e. The van der Waals surface area contributed by atoms with Gasteiger partial charge in [-0.2, -0.15) is 0 Å². The highest BCUT2D eigenvalue weighted by atomic mass is 16.2. The second kappa shape index (κ2) is 9.58. The quantitative estimate of drug-likeness (QED) is 0.609. The van der Waals surface area contributed by atoms with Gasteiger partial charge in [-0.15, -0.1) is 0 Å². The van der Waals surface area contributed by atoms with E-state index in [0.29, 0.717) is 11.3 Å². The lowest BCUT2D eigenvalue weighted by atomic mass is 10.0. The van der Waals surface area contributed by atoms with Crippen molar-refractivity contribution in [2.75, 3.05) is 36.4 Å². The van der Waals surface area contributed by atoms with E-state index in [0.717, 1.165) is 31.7 Å². The Balaban J connectivity index is 1.52. The van der Waals surface area contributed by atoms with Crippen molar-refractivity contribution < 1.29 is 9.59 Å². The monoisotopic (exact) mass is 413 g/mol. The molecule has 1 fully saturated rings. The van der Waals surface area contributed by atoms with Crippen molar-refractivity contribution in [3.8, 4) is 0 Å². The van der Waals surface area contributed by atoms with Crippen molar-refractivity contribution in [2.24, 2.45) is 0 Å². The molecule has 0 spiro atoms. The van der Waals surface area contributed by atoms with Gasteiger partial charge in [-0.3, -0.25) is 14.5 Å². The molecule has 4 rings (SSSR count). The summed E-state index contributed by atoms with van der Waals surface area (Å²) < 4.78 is 0. The molecule has 0 saturated carbocycles. The number of Topliss-reactive ketones (excluding diaryl/α,β-unsaturated/α-hetero) is 1. The topological polar surface area (TPSA) is 52.7 Å². The third kappa shape index (κ3) is 5.01. The third-order valence-electron chi connectivity index (χ3n) is 5.70. The minimum Gasteiger partial charge on any atom is -0.369 e. The summed E-state index contributed by atoms with van der Waals surface area (Å²) in [6.07, 6.45) is 0. The van der Waals surface area contributed by atoms with Gasteiger partial charge in [-0.1, -0.05) is 60.7 Å². The zero-order valence-corrected chi connectivity index (χ0v) is 17.7. The first-order valence-electron chi connectivity index (χ1n) is 10.6. The molecule has 1 atom stereocenters. The Hall–Kier alpha value is -3.44. The standard InChI is InChI=1S/C26H27N3O2/c1-20(30)22-11-8-12-23(19-22)27-26(31)25(21-9-4-2-5-10-21)29-17-15-28(16-18-29)24-13-6-3-7-14-24/h2-14,19,25H,15-18H2,1H3,(H,27,31). The fourth-order valence-corrected chi connectivity index (χ4v) is 4.07. The van der Waals surface area contributed by atoms with Crippen LogP contribution in [0, 0.1) is 0 Å². The predicted molar refractivity (Wildman–Crippen MR) is 124 cm³/mol. The molecule has 0 bridgehead atoms. The first-order valence-corrected chi connectivity index (χ1v) is 10.6. The number of rotatable bonds is 6. The molecule has 0 radical (unpaired) electrons. The lowest BCUT2D eigenvalue weighted by Gasteiger charge is -2.39. The van der Waals surface area contributed by atoms with Gasteiger partial charge in [0.05, 0.1) is 0 Å². The van der Waals surface area contributed by atoms with Crippen LogP contribution in [0.25, 0.3) is 0 Å². The van der Waals surface area contributed by atoms with Crippen LogP contribution < -0.4 is 10.2 Å². The lowest BCUT2D eigenvalue weighted by Crippen LogP contribution is -2.50. The molecule has 0 aliphatic carbocycles. The van der Waals surface area contributed by atoms with E-state index in [1.54, 1.807) is 18.2 Å². The van der Waals surface area contributed by atoms with Crippen LogP contribution in [0.4, 0.5) is 11.4 Å². The number of nitrogens with zero attached hydrogens (tertiary/aromatic N) is 2. The summed E-state index contributed by atoms with van der Waals surface area (Å²) in [5, 5.41) is 3.03. The van der Waals surface area contributed by atoms with E-state index in [4.69, 9.17) is 0 Å². The van der Waals surface area contributed by atoms with Crippen molar-refractivity contribution in [1.29, 1.82) is 0 Å². The zero-order chi connectivity index (χ0) is 21.6. The van der Waals surface area contributed by atoms with Crippen molar-refractivity contribution in [2.45, 2.75) is 13.0 Å². The normalized spacial score (nSPS) is 15.3. The number of carbonyl (C=O) groups is 2. The summed E-state index contributed by atoms with van der Waals surface area (Å²) >= 11 is 0. The molecule has 1 N–H and O–H groups in total. The van der Waals surface area contributed by atoms with Crippen LogP contribution in [-0.4, -0.2) is 42.8 Å². The molecule has 5 heteroatoms. The molecule has 1 heterocycles. The maximum absolute atomic E-state index is 13.4. The first kappa shape index (κ1) is 20.8. The molecule has 1 unspecified atom stereocenters. The van der Waals surface area contributed by atoms with Gasteiger partial charge in [0.2, 0.25) is 5.91 Å². The number of carbonyl (C=O) groups excluding carboxylic acids is 2. The van der Waals surface area contributed by atoms with Crippen LogP contribution >= 0.6 is 0 Å². The summed E-state index contributed by atoms with van der Waals surface area (Å²) in [4.78, 5) is 29.7. The molecular weight excluding hydrogens is 386 g/mol. The number of anilines is 2. The van der Waals surface area contributed by atoms with Gasteiger partial charge in [-0.05, 0) is 36.8 Å². The molecule has 3 aromatic carbocycles. The molecule has 1 aliphatic heterocycles. The van der Waals surface area contributed by atoms with Gasteiger partial charge in [0, 0.05) is 43.1 Å². The average Bonchev–Trinajstić information content (AvgIpc) is 2.81. The number of amides is 1.